The third kappa shape index (κ3) is 4.22. The van der Waals surface area contributed by atoms with Crippen molar-refractivity contribution in [3.8, 4) is 0 Å². The van der Waals surface area contributed by atoms with Gasteiger partial charge in [-0.3, -0.25) is 4.68 Å². The number of ether oxygens (including phenoxy) is 1. The number of nitrogens with one attached hydrogen (secondary N) is 1. The van der Waals surface area contributed by atoms with Crippen LogP contribution in [-0.2, 0) is 38.0 Å². The lowest BCUT2D eigenvalue weighted by molar-refractivity contribution is 0.103. The van der Waals surface area contributed by atoms with E-state index >= 15 is 0 Å². The maximum Gasteiger partial charge on any atom is 0.317 e. The number of aromatic nitrogens is 2. The number of carbonyl (C=O) groups excluding carboxylic acids is 1. The highest BCUT2D eigenvalue weighted by molar-refractivity contribution is 5.74. The number of rotatable bonds is 5. The average molecular weight is 360 g/mol. The summed E-state index contributed by atoms with van der Waals surface area (Å²) >= 11 is 0. The Labute approximate surface area is 152 Å². The van der Waals surface area contributed by atoms with Gasteiger partial charge in [-0.25, -0.2) is 9.18 Å². The van der Waals surface area contributed by atoms with Gasteiger partial charge in [0.05, 0.1) is 25.5 Å². The van der Waals surface area contributed by atoms with Crippen LogP contribution in [-0.4, -0.2) is 33.3 Å². The van der Waals surface area contributed by atoms with Crippen LogP contribution in [0, 0.1) is 5.82 Å². The van der Waals surface area contributed by atoms with Crippen molar-refractivity contribution in [3.63, 3.8) is 0 Å². The molecule has 2 aromatic rings. The molecule has 0 unspecified atom stereocenters. The van der Waals surface area contributed by atoms with Crippen molar-refractivity contribution in [3.05, 3.63) is 52.6 Å². The summed E-state index contributed by atoms with van der Waals surface area (Å²) in [6, 6.07) is 6.42. The maximum absolute atomic E-state index is 13.2. The standard InChI is InChI=1S/C19H25FN4O2/c1-13(2)21-19(25)24-8-7-18-16(10-24)17(22-23(18)3)12-26-11-14-5-4-6-15(20)9-14/h4-6,9,13H,7-8,10-12H2,1-3H3,(H,21,25). The summed E-state index contributed by atoms with van der Waals surface area (Å²) in [6.07, 6.45) is 0.772. The lowest BCUT2D eigenvalue weighted by Crippen LogP contribution is -2.45. The molecule has 0 spiro atoms. The summed E-state index contributed by atoms with van der Waals surface area (Å²) in [5, 5.41) is 7.49. The number of amides is 2. The summed E-state index contributed by atoms with van der Waals surface area (Å²) in [4.78, 5) is 14.1. The number of hydrogen-bond acceptors (Lipinski definition) is 3. The van der Waals surface area contributed by atoms with Crippen molar-refractivity contribution in [2.75, 3.05) is 6.54 Å². The minimum atomic E-state index is -0.270. The number of nitrogens with zero attached hydrogens (tertiary/aromatic N) is 3. The van der Waals surface area contributed by atoms with Crippen molar-refractivity contribution in [1.82, 2.24) is 20.0 Å². The minimum Gasteiger partial charge on any atom is -0.370 e. The molecule has 0 aliphatic carbocycles. The zero-order chi connectivity index (χ0) is 18.7. The average Bonchev–Trinajstić information content (AvgIpc) is 2.90. The van der Waals surface area contributed by atoms with Crippen LogP contribution >= 0.6 is 0 Å². The Kier molecular flexibility index (Phi) is 5.56. The molecule has 1 aliphatic heterocycles. The second-order valence-corrected chi connectivity index (χ2v) is 6.89. The predicted molar refractivity (Wildman–Crippen MR) is 95.9 cm³/mol. The molecule has 2 heterocycles. The SMILES string of the molecule is CC(C)NC(=O)N1CCc2c(c(COCc3cccc(F)c3)nn2C)C1. The summed E-state index contributed by atoms with van der Waals surface area (Å²) in [5.74, 6) is -0.270. The Bertz CT molecular complexity index is 788. The largest absolute Gasteiger partial charge is 0.370 e. The highest BCUT2D eigenvalue weighted by Gasteiger charge is 2.26. The van der Waals surface area contributed by atoms with Gasteiger partial charge in [-0.15, -0.1) is 0 Å². The van der Waals surface area contributed by atoms with E-state index in [1.54, 1.807) is 11.0 Å². The summed E-state index contributed by atoms with van der Waals surface area (Å²) in [5.41, 5.74) is 3.81. The number of fused-ring (bicyclic) bond motifs is 1. The van der Waals surface area contributed by atoms with Crippen LogP contribution in [0.5, 0.6) is 0 Å². The van der Waals surface area contributed by atoms with Crippen LogP contribution in [0.25, 0.3) is 0 Å². The molecular formula is C19H25FN4O2. The maximum atomic E-state index is 13.2. The second kappa shape index (κ2) is 7.86. The molecule has 3 rings (SSSR count). The van der Waals surface area contributed by atoms with E-state index in [0.29, 0.717) is 26.3 Å². The summed E-state index contributed by atoms with van der Waals surface area (Å²) < 4.78 is 20.8. The molecule has 0 atom stereocenters. The molecule has 1 aromatic heterocycles. The van der Waals surface area contributed by atoms with Crippen molar-refractivity contribution < 1.29 is 13.9 Å². The Morgan fingerprint density at radius 2 is 2.19 bits per heavy atom. The van der Waals surface area contributed by atoms with Crippen LogP contribution in [0.4, 0.5) is 9.18 Å². The van der Waals surface area contributed by atoms with Gasteiger partial charge in [0.1, 0.15) is 5.82 Å². The molecule has 0 bridgehead atoms. The van der Waals surface area contributed by atoms with Gasteiger partial charge in [0.2, 0.25) is 0 Å². The van der Waals surface area contributed by atoms with E-state index in [1.807, 2.05) is 31.6 Å². The molecule has 1 N–H and O–H groups in total. The van der Waals surface area contributed by atoms with Crippen molar-refractivity contribution in [2.24, 2.45) is 7.05 Å². The molecule has 0 fully saturated rings. The van der Waals surface area contributed by atoms with Crippen molar-refractivity contribution in [2.45, 2.75) is 46.1 Å². The monoisotopic (exact) mass is 360 g/mol. The lowest BCUT2D eigenvalue weighted by Gasteiger charge is -2.28. The highest BCUT2D eigenvalue weighted by atomic mass is 19.1. The fourth-order valence-electron chi connectivity index (χ4n) is 3.19. The molecule has 0 radical (unpaired) electrons. The van der Waals surface area contributed by atoms with Gasteiger partial charge in [-0.05, 0) is 31.5 Å². The number of aryl methyl sites for hydroxylation is 1. The Hall–Kier alpha value is -2.41. The van der Waals surface area contributed by atoms with Gasteiger partial charge in [0, 0.05) is 37.3 Å². The molecule has 26 heavy (non-hydrogen) atoms. The Morgan fingerprint density at radius 3 is 2.92 bits per heavy atom. The first-order chi connectivity index (χ1) is 12.4. The number of urea groups is 1. The highest BCUT2D eigenvalue weighted by Crippen LogP contribution is 2.23. The third-order valence-electron chi connectivity index (χ3n) is 4.42. The normalized spacial score (nSPS) is 13.8. The Balaban J connectivity index is 1.65. The van der Waals surface area contributed by atoms with Gasteiger partial charge in [-0.2, -0.15) is 5.10 Å². The predicted octanol–water partition coefficient (Wildman–Crippen LogP) is 2.75. The fourth-order valence-corrected chi connectivity index (χ4v) is 3.19. The third-order valence-corrected chi connectivity index (χ3v) is 4.42. The molecule has 0 saturated carbocycles. The van der Waals surface area contributed by atoms with Gasteiger partial charge < -0.3 is 15.0 Å². The summed E-state index contributed by atoms with van der Waals surface area (Å²) in [7, 11) is 1.92. The zero-order valence-corrected chi connectivity index (χ0v) is 15.5. The Morgan fingerprint density at radius 1 is 1.38 bits per heavy atom. The van der Waals surface area contributed by atoms with Crippen molar-refractivity contribution >= 4 is 6.03 Å². The molecule has 140 valence electrons. The van der Waals surface area contributed by atoms with Crippen LogP contribution < -0.4 is 5.32 Å². The first-order valence-electron chi connectivity index (χ1n) is 8.85. The molecule has 1 aliphatic rings. The topological polar surface area (TPSA) is 59.4 Å². The van der Waals surface area contributed by atoms with Crippen LogP contribution in [0.2, 0.25) is 0 Å². The van der Waals surface area contributed by atoms with E-state index in [2.05, 4.69) is 10.4 Å². The molecule has 2 amide bonds. The quantitative estimate of drug-likeness (QED) is 0.892. The van der Waals surface area contributed by atoms with Gasteiger partial charge >= 0.3 is 6.03 Å². The van der Waals surface area contributed by atoms with Crippen LogP contribution in [0.15, 0.2) is 24.3 Å². The van der Waals surface area contributed by atoms with E-state index < -0.39 is 0 Å². The van der Waals surface area contributed by atoms with Crippen LogP contribution in [0.3, 0.4) is 0 Å². The van der Waals surface area contributed by atoms with E-state index in [4.69, 9.17) is 4.74 Å². The second-order valence-electron chi connectivity index (χ2n) is 6.89. The zero-order valence-electron chi connectivity index (χ0n) is 15.5. The number of hydrogen-bond donors (Lipinski definition) is 1. The van der Waals surface area contributed by atoms with Gasteiger partial charge in [0.15, 0.2) is 0 Å². The van der Waals surface area contributed by atoms with Crippen molar-refractivity contribution in [1.29, 1.82) is 0 Å². The first-order valence-corrected chi connectivity index (χ1v) is 8.85. The minimum absolute atomic E-state index is 0.0545. The van der Waals surface area contributed by atoms with E-state index in [9.17, 15) is 9.18 Å². The first kappa shape index (κ1) is 18.4. The number of benzene rings is 1. The smallest absolute Gasteiger partial charge is 0.317 e. The molecule has 1 aromatic carbocycles. The summed E-state index contributed by atoms with van der Waals surface area (Å²) in [6.45, 7) is 5.75. The van der Waals surface area contributed by atoms with Crippen LogP contribution in [0.1, 0.15) is 36.4 Å². The van der Waals surface area contributed by atoms with E-state index in [1.165, 1.54) is 12.1 Å². The van der Waals surface area contributed by atoms with Gasteiger partial charge in [0.25, 0.3) is 0 Å². The molecular weight excluding hydrogens is 335 g/mol. The molecule has 0 saturated heterocycles. The number of carbonyl (C=O) groups is 1. The number of halogens is 1. The molecule has 6 nitrogen and oxygen atoms in total. The lowest BCUT2D eigenvalue weighted by atomic mass is 10.1. The van der Waals surface area contributed by atoms with E-state index in [0.717, 1.165) is 28.9 Å². The fraction of sp³-hybridized carbons (Fsp3) is 0.474. The van der Waals surface area contributed by atoms with Gasteiger partial charge in [-0.1, -0.05) is 12.1 Å². The molecule has 7 heteroatoms. The van der Waals surface area contributed by atoms with E-state index in [-0.39, 0.29) is 17.9 Å².